The number of anilines is 1. The average Bonchev–Trinajstić information content (AvgIpc) is 2.09. The molecule has 1 aromatic rings. The van der Waals surface area contributed by atoms with Crippen LogP contribution in [0.1, 0.15) is 6.92 Å². The molecule has 0 bridgehead atoms. The monoisotopic (exact) mass is 152 g/mol. The first-order chi connectivity index (χ1) is 5.38. The number of hydrogen-bond donors (Lipinski definition) is 0. The van der Waals surface area contributed by atoms with Crippen molar-refractivity contribution in [3.05, 3.63) is 24.4 Å². The Hall–Kier alpha value is -1.09. The van der Waals surface area contributed by atoms with Gasteiger partial charge in [-0.25, -0.2) is 10.0 Å². The molecular formula is C8H12N2O. The number of nitrogens with zero attached hydrogens (tertiary/aromatic N) is 2. The van der Waals surface area contributed by atoms with Crippen LogP contribution in [0.3, 0.4) is 0 Å². The summed E-state index contributed by atoms with van der Waals surface area (Å²) in [4.78, 5) is 9.18. The zero-order valence-corrected chi connectivity index (χ0v) is 6.82. The molecule has 60 valence electrons. The Balaban J connectivity index is 2.74. The normalized spacial score (nSPS) is 9.64. The van der Waals surface area contributed by atoms with E-state index in [1.165, 1.54) is 0 Å². The second-order valence-electron chi connectivity index (χ2n) is 2.07. The smallest absolute Gasteiger partial charge is 0.152 e. The van der Waals surface area contributed by atoms with Crippen molar-refractivity contribution in [2.45, 2.75) is 6.92 Å². The van der Waals surface area contributed by atoms with Crippen LogP contribution in [0.15, 0.2) is 24.4 Å². The summed E-state index contributed by atoms with van der Waals surface area (Å²) in [6, 6.07) is 5.73. The molecule has 1 aromatic heterocycles. The SMILES string of the molecule is CCN(OC)c1ccccn1. The molecule has 1 rings (SSSR count). The molecule has 0 aromatic carbocycles. The third kappa shape index (κ3) is 1.91. The molecule has 0 aliphatic carbocycles. The molecule has 0 saturated carbocycles. The van der Waals surface area contributed by atoms with E-state index in [2.05, 4.69) is 4.98 Å². The maximum atomic E-state index is 5.06. The highest BCUT2D eigenvalue weighted by Crippen LogP contribution is 2.07. The van der Waals surface area contributed by atoms with Crippen LogP contribution in [0.5, 0.6) is 0 Å². The van der Waals surface area contributed by atoms with E-state index in [0.717, 1.165) is 12.4 Å². The van der Waals surface area contributed by atoms with Crippen LogP contribution in [0, 0.1) is 0 Å². The summed E-state index contributed by atoms with van der Waals surface area (Å²) in [5.74, 6) is 0.845. The maximum Gasteiger partial charge on any atom is 0.152 e. The first kappa shape index (κ1) is 8.01. The van der Waals surface area contributed by atoms with Gasteiger partial charge < -0.3 is 0 Å². The minimum absolute atomic E-state index is 0.799. The summed E-state index contributed by atoms with van der Waals surface area (Å²) in [6.45, 7) is 2.81. The van der Waals surface area contributed by atoms with Gasteiger partial charge in [-0.2, -0.15) is 0 Å². The predicted molar refractivity (Wildman–Crippen MR) is 44.3 cm³/mol. The number of pyridine rings is 1. The Kier molecular flexibility index (Phi) is 2.86. The maximum absolute atomic E-state index is 5.06. The predicted octanol–water partition coefficient (Wildman–Crippen LogP) is 1.47. The third-order valence-electron chi connectivity index (χ3n) is 1.41. The fraction of sp³-hybridized carbons (Fsp3) is 0.375. The fourth-order valence-electron chi connectivity index (χ4n) is 0.886. The summed E-state index contributed by atoms with van der Waals surface area (Å²) in [6.07, 6.45) is 1.75. The van der Waals surface area contributed by atoms with Gasteiger partial charge in [0.15, 0.2) is 5.82 Å². The van der Waals surface area contributed by atoms with Crippen molar-refractivity contribution in [1.82, 2.24) is 4.98 Å². The van der Waals surface area contributed by atoms with Crippen LogP contribution in [0.4, 0.5) is 5.82 Å². The van der Waals surface area contributed by atoms with Crippen molar-refractivity contribution < 1.29 is 4.84 Å². The van der Waals surface area contributed by atoms with Gasteiger partial charge in [0.1, 0.15) is 0 Å². The number of rotatable bonds is 3. The second-order valence-corrected chi connectivity index (χ2v) is 2.07. The van der Waals surface area contributed by atoms with Gasteiger partial charge in [0.05, 0.1) is 7.11 Å². The lowest BCUT2D eigenvalue weighted by Gasteiger charge is -2.17. The minimum atomic E-state index is 0.799. The quantitative estimate of drug-likeness (QED) is 0.613. The summed E-state index contributed by atoms with van der Waals surface area (Å²) in [5, 5.41) is 1.72. The molecule has 0 unspecified atom stereocenters. The van der Waals surface area contributed by atoms with Crippen LogP contribution in [0.25, 0.3) is 0 Å². The Morgan fingerprint density at radius 2 is 2.36 bits per heavy atom. The fourth-order valence-corrected chi connectivity index (χ4v) is 0.886. The van der Waals surface area contributed by atoms with Crippen LogP contribution in [-0.4, -0.2) is 18.6 Å². The first-order valence-electron chi connectivity index (χ1n) is 3.61. The van der Waals surface area contributed by atoms with Gasteiger partial charge in [0, 0.05) is 12.7 Å². The highest BCUT2D eigenvalue weighted by atomic mass is 16.7. The molecule has 0 aliphatic rings. The van der Waals surface area contributed by atoms with Crippen molar-refractivity contribution >= 4 is 5.82 Å². The average molecular weight is 152 g/mol. The summed E-state index contributed by atoms with van der Waals surface area (Å²) in [7, 11) is 1.64. The standard InChI is InChI=1S/C8H12N2O/c1-3-10(11-2)8-6-4-5-7-9-8/h4-7H,3H2,1-2H3. The Labute approximate surface area is 66.6 Å². The van der Waals surface area contributed by atoms with E-state index in [0.29, 0.717) is 0 Å². The van der Waals surface area contributed by atoms with Crippen molar-refractivity contribution in [2.24, 2.45) is 0 Å². The van der Waals surface area contributed by atoms with E-state index in [1.807, 2.05) is 25.1 Å². The highest BCUT2D eigenvalue weighted by Gasteiger charge is 2.00. The minimum Gasteiger partial charge on any atom is -0.275 e. The second kappa shape index (κ2) is 3.93. The number of aromatic nitrogens is 1. The molecule has 0 radical (unpaired) electrons. The lowest BCUT2D eigenvalue weighted by molar-refractivity contribution is 0.168. The molecule has 0 spiro atoms. The van der Waals surface area contributed by atoms with Crippen LogP contribution in [0.2, 0.25) is 0 Å². The topological polar surface area (TPSA) is 25.4 Å². The molecule has 0 saturated heterocycles. The molecular weight excluding hydrogens is 140 g/mol. The van der Waals surface area contributed by atoms with Gasteiger partial charge in [-0.15, -0.1) is 0 Å². The number of hydroxylamine groups is 1. The van der Waals surface area contributed by atoms with Crippen molar-refractivity contribution in [2.75, 3.05) is 18.7 Å². The van der Waals surface area contributed by atoms with Crippen LogP contribution >= 0.6 is 0 Å². The molecule has 0 atom stereocenters. The molecule has 11 heavy (non-hydrogen) atoms. The van der Waals surface area contributed by atoms with E-state index in [9.17, 15) is 0 Å². The first-order valence-corrected chi connectivity index (χ1v) is 3.61. The van der Waals surface area contributed by atoms with E-state index in [1.54, 1.807) is 18.4 Å². The molecule has 0 N–H and O–H groups in total. The Morgan fingerprint density at radius 1 is 1.55 bits per heavy atom. The largest absolute Gasteiger partial charge is 0.275 e. The summed E-state index contributed by atoms with van der Waals surface area (Å²) < 4.78 is 0. The molecule has 3 nitrogen and oxygen atoms in total. The lowest BCUT2D eigenvalue weighted by atomic mass is 10.4. The molecule has 0 fully saturated rings. The van der Waals surface area contributed by atoms with Crippen molar-refractivity contribution in [1.29, 1.82) is 0 Å². The lowest BCUT2D eigenvalue weighted by Crippen LogP contribution is -2.21. The highest BCUT2D eigenvalue weighted by molar-refractivity contribution is 5.33. The van der Waals surface area contributed by atoms with E-state index < -0.39 is 0 Å². The van der Waals surface area contributed by atoms with Gasteiger partial charge in [-0.05, 0) is 19.1 Å². The summed E-state index contributed by atoms with van der Waals surface area (Å²) >= 11 is 0. The Bertz CT molecular complexity index is 197. The van der Waals surface area contributed by atoms with Gasteiger partial charge in [0.2, 0.25) is 0 Å². The van der Waals surface area contributed by atoms with E-state index >= 15 is 0 Å². The van der Waals surface area contributed by atoms with Gasteiger partial charge in [0.25, 0.3) is 0 Å². The zero-order valence-electron chi connectivity index (χ0n) is 6.82. The molecule has 0 amide bonds. The van der Waals surface area contributed by atoms with Gasteiger partial charge in [-0.3, -0.25) is 4.84 Å². The van der Waals surface area contributed by atoms with Crippen molar-refractivity contribution in [3.8, 4) is 0 Å². The van der Waals surface area contributed by atoms with Gasteiger partial charge in [-0.1, -0.05) is 6.07 Å². The number of hydrogen-bond acceptors (Lipinski definition) is 3. The van der Waals surface area contributed by atoms with Crippen molar-refractivity contribution in [3.63, 3.8) is 0 Å². The Morgan fingerprint density at radius 3 is 2.82 bits per heavy atom. The van der Waals surface area contributed by atoms with E-state index in [-0.39, 0.29) is 0 Å². The molecule has 0 aliphatic heterocycles. The molecule has 3 heteroatoms. The van der Waals surface area contributed by atoms with Crippen LogP contribution in [-0.2, 0) is 4.84 Å². The van der Waals surface area contributed by atoms with Crippen LogP contribution < -0.4 is 5.06 Å². The third-order valence-corrected chi connectivity index (χ3v) is 1.41. The zero-order chi connectivity index (χ0) is 8.10. The summed E-state index contributed by atoms with van der Waals surface area (Å²) in [5.41, 5.74) is 0. The van der Waals surface area contributed by atoms with E-state index in [4.69, 9.17) is 4.84 Å². The molecule has 1 heterocycles. The van der Waals surface area contributed by atoms with Gasteiger partial charge >= 0.3 is 0 Å².